The minimum Gasteiger partial charge on any atom is -0.293 e. The molecule has 4 heterocycles. The molecule has 32 heavy (non-hydrogen) atoms. The minimum atomic E-state index is 0.119. The Hall–Kier alpha value is -3.10. The zero-order chi connectivity index (χ0) is 22.2. The monoisotopic (exact) mass is 446 g/mol. The molecule has 1 amide bonds. The van der Waals surface area contributed by atoms with Gasteiger partial charge in [0.1, 0.15) is 11.6 Å². The number of anilines is 1. The van der Waals surface area contributed by atoms with E-state index in [1.807, 2.05) is 42.2 Å². The Labute approximate surface area is 191 Å². The summed E-state index contributed by atoms with van der Waals surface area (Å²) in [5.74, 6) is 1.62. The highest BCUT2D eigenvalue weighted by Gasteiger charge is 2.28. The molecule has 0 atom stereocenters. The summed E-state index contributed by atoms with van der Waals surface area (Å²) in [4.78, 5) is 32.1. The number of nitrogens with zero attached hydrogens (tertiary/aromatic N) is 6. The lowest BCUT2D eigenvalue weighted by Gasteiger charge is -2.30. The Morgan fingerprint density at radius 2 is 1.84 bits per heavy atom. The molecule has 1 aliphatic heterocycles. The molecule has 8 heteroatoms. The summed E-state index contributed by atoms with van der Waals surface area (Å²) in [5, 5.41) is 2.06. The van der Waals surface area contributed by atoms with Crippen LogP contribution in [0.4, 0.5) is 5.82 Å². The molecule has 7 nitrogen and oxygen atoms in total. The molecule has 0 radical (unpaired) electrons. The number of hydrogen-bond acceptors (Lipinski definition) is 6. The van der Waals surface area contributed by atoms with Crippen LogP contribution in [0.5, 0.6) is 0 Å². The molecule has 0 saturated heterocycles. The van der Waals surface area contributed by atoms with Crippen molar-refractivity contribution in [1.29, 1.82) is 0 Å². The zero-order valence-electron chi connectivity index (χ0n) is 18.6. The fourth-order valence-electron chi connectivity index (χ4n) is 4.32. The first-order chi connectivity index (χ1) is 15.5. The lowest BCUT2D eigenvalue weighted by atomic mass is 10.0. The van der Waals surface area contributed by atoms with E-state index in [0.29, 0.717) is 25.9 Å². The molecule has 1 aliphatic rings. The molecule has 1 aromatic carbocycles. The van der Waals surface area contributed by atoms with Gasteiger partial charge in [-0.25, -0.2) is 15.0 Å². The molecule has 0 unspecified atom stereocenters. The van der Waals surface area contributed by atoms with E-state index in [2.05, 4.69) is 39.8 Å². The molecule has 0 aliphatic carbocycles. The second kappa shape index (κ2) is 8.44. The smallest absolute Gasteiger partial charge is 0.228 e. The number of carbonyl (C=O) groups excluding carboxylic acids is 1. The van der Waals surface area contributed by atoms with Crippen molar-refractivity contribution < 1.29 is 4.79 Å². The quantitative estimate of drug-likeness (QED) is 0.449. The number of amides is 1. The summed E-state index contributed by atoms with van der Waals surface area (Å²) in [6, 6.07) is 10.1. The van der Waals surface area contributed by atoms with Gasteiger partial charge in [0, 0.05) is 35.8 Å². The summed E-state index contributed by atoms with van der Waals surface area (Å²) in [7, 11) is 2.07. The van der Waals surface area contributed by atoms with Crippen LogP contribution >= 0.6 is 11.3 Å². The van der Waals surface area contributed by atoms with Gasteiger partial charge in [-0.15, -0.1) is 11.3 Å². The Kier molecular flexibility index (Phi) is 5.48. The second-order valence-corrected chi connectivity index (χ2v) is 9.24. The Bertz CT molecular complexity index is 1280. The predicted octanol–water partition coefficient (Wildman–Crippen LogP) is 3.91. The number of carbonyl (C=O) groups is 1. The maximum atomic E-state index is 12.8. The fourth-order valence-corrected chi connectivity index (χ4v) is 5.10. The van der Waals surface area contributed by atoms with Crippen molar-refractivity contribution in [2.24, 2.45) is 0 Å². The third-order valence-electron chi connectivity index (χ3n) is 5.96. The van der Waals surface area contributed by atoms with Gasteiger partial charge in [0.05, 0.1) is 24.5 Å². The molecule has 0 fully saturated rings. The Morgan fingerprint density at radius 1 is 1.03 bits per heavy atom. The van der Waals surface area contributed by atoms with Crippen molar-refractivity contribution in [3.63, 3.8) is 0 Å². The van der Waals surface area contributed by atoms with Crippen molar-refractivity contribution in [3.8, 4) is 0 Å². The van der Waals surface area contributed by atoms with E-state index in [9.17, 15) is 4.79 Å². The van der Waals surface area contributed by atoms with Gasteiger partial charge < -0.3 is 0 Å². The van der Waals surface area contributed by atoms with Crippen LogP contribution in [0, 0.1) is 13.8 Å². The van der Waals surface area contributed by atoms with E-state index in [4.69, 9.17) is 9.97 Å². The summed E-state index contributed by atoms with van der Waals surface area (Å²) < 4.78 is 2.15. The fraction of sp³-hybridized carbons (Fsp3) is 0.333. The molecule has 0 N–H and O–H groups in total. The van der Waals surface area contributed by atoms with Gasteiger partial charge in [0.25, 0.3) is 0 Å². The number of aromatic nitrogens is 4. The van der Waals surface area contributed by atoms with Crippen LogP contribution in [-0.4, -0.2) is 37.2 Å². The summed E-state index contributed by atoms with van der Waals surface area (Å²) >= 11 is 1.64. The number of benzene rings is 1. The highest BCUT2D eigenvalue weighted by molar-refractivity contribution is 7.15. The predicted molar refractivity (Wildman–Crippen MR) is 126 cm³/mol. The molecule has 164 valence electrons. The van der Waals surface area contributed by atoms with Gasteiger partial charge in [0.2, 0.25) is 5.91 Å². The van der Waals surface area contributed by atoms with E-state index in [0.717, 1.165) is 45.7 Å². The topological polar surface area (TPSA) is 66.6 Å². The molecule has 3 aromatic heterocycles. The highest BCUT2D eigenvalue weighted by Crippen LogP contribution is 2.29. The van der Waals surface area contributed by atoms with Crippen LogP contribution in [0.25, 0.3) is 4.96 Å². The summed E-state index contributed by atoms with van der Waals surface area (Å²) in [5.41, 5.74) is 5.37. The maximum absolute atomic E-state index is 12.8. The Balaban J connectivity index is 1.40. The molecule has 0 bridgehead atoms. The third kappa shape index (κ3) is 3.91. The van der Waals surface area contributed by atoms with Crippen molar-refractivity contribution >= 4 is 28.0 Å². The molecular weight excluding hydrogens is 420 g/mol. The minimum absolute atomic E-state index is 0.119. The molecule has 0 saturated carbocycles. The van der Waals surface area contributed by atoms with Gasteiger partial charge in [-0.1, -0.05) is 30.3 Å². The molecule has 5 rings (SSSR count). The van der Waals surface area contributed by atoms with Gasteiger partial charge in [-0.05, 0) is 32.9 Å². The van der Waals surface area contributed by atoms with Crippen molar-refractivity contribution in [1.82, 2.24) is 24.3 Å². The van der Waals surface area contributed by atoms with Gasteiger partial charge in [-0.2, -0.15) is 0 Å². The van der Waals surface area contributed by atoms with Crippen LogP contribution in [-0.2, 0) is 30.8 Å². The largest absolute Gasteiger partial charge is 0.293 e. The van der Waals surface area contributed by atoms with Crippen molar-refractivity contribution in [2.75, 3.05) is 11.9 Å². The zero-order valence-corrected chi connectivity index (χ0v) is 19.4. The third-order valence-corrected chi connectivity index (χ3v) is 6.72. The normalized spacial score (nSPS) is 13.9. The SMILES string of the molecule is Cc1nc(CN(C)Cc2c(C)nc3sccn23)nc2c1CCC(=O)N2Cc1ccccc1. The van der Waals surface area contributed by atoms with E-state index < -0.39 is 0 Å². The lowest BCUT2D eigenvalue weighted by molar-refractivity contribution is -0.119. The maximum Gasteiger partial charge on any atom is 0.228 e. The number of imidazole rings is 1. The summed E-state index contributed by atoms with van der Waals surface area (Å²) in [6.45, 7) is 5.95. The van der Waals surface area contributed by atoms with E-state index >= 15 is 0 Å². The molecule has 4 aromatic rings. The number of hydrogen-bond donors (Lipinski definition) is 0. The first kappa shape index (κ1) is 20.8. The van der Waals surface area contributed by atoms with Crippen LogP contribution in [0.2, 0.25) is 0 Å². The number of rotatable bonds is 6. The van der Waals surface area contributed by atoms with Gasteiger partial charge in [0.15, 0.2) is 4.96 Å². The van der Waals surface area contributed by atoms with Crippen molar-refractivity contribution in [3.05, 3.63) is 75.9 Å². The molecule has 0 spiro atoms. The van der Waals surface area contributed by atoms with E-state index in [-0.39, 0.29) is 5.91 Å². The van der Waals surface area contributed by atoms with Gasteiger partial charge >= 0.3 is 0 Å². The van der Waals surface area contributed by atoms with Crippen LogP contribution < -0.4 is 4.90 Å². The van der Waals surface area contributed by atoms with Crippen molar-refractivity contribution in [2.45, 2.75) is 46.3 Å². The Morgan fingerprint density at radius 3 is 2.66 bits per heavy atom. The average molecular weight is 447 g/mol. The number of aryl methyl sites for hydroxylation is 2. The second-order valence-electron chi connectivity index (χ2n) is 8.36. The summed E-state index contributed by atoms with van der Waals surface area (Å²) in [6.07, 6.45) is 3.27. The van der Waals surface area contributed by atoms with Crippen LogP contribution in [0.1, 0.15) is 40.5 Å². The molecular formula is C24H26N6OS. The van der Waals surface area contributed by atoms with E-state index in [1.165, 1.54) is 5.69 Å². The number of fused-ring (bicyclic) bond motifs is 2. The van der Waals surface area contributed by atoms with Gasteiger partial charge in [-0.3, -0.25) is 19.0 Å². The number of thiazole rings is 1. The van der Waals surface area contributed by atoms with E-state index in [1.54, 1.807) is 11.3 Å². The lowest BCUT2D eigenvalue weighted by Crippen LogP contribution is -2.36. The standard InChI is InChI=1S/C24H26N6OS/c1-16-19-9-10-22(31)30(13-18-7-5-4-6-8-18)23(19)27-21(25-16)15-28(3)14-20-17(2)26-24-29(20)11-12-32-24/h4-8,11-12H,9-10,13-15H2,1-3H3. The van der Waals surface area contributed by atoms with Crippen LogP contribution in [0.3, 0.4) is 0 Å². The first-order valence-corrected chi connectivity index (χ1v) is 11.7. The first-order valence-electron chi connectivity index (χ1n) is 10.8. The average Bonchev–Trinajstić information content (AvgIpc) is 3.33. The van der Waals surface area contributed by atoms with Crippen LogP contribution in [0.15, 0.2) is 41.9 Å². The highest BCUT2D eigenvalue weighted by atomic mass is 32.1.